The standard InChI is InChI=1S/C27H34N2O3/c1-4-24(27(31)28-17-19-9-10-19)32-22-12-11-20-13-14-29(25(30)5-2)26(23(20)16-22)21-8-6-7-18(3)15-21/h6-8,11-12,15-16,19,24,26H,4-5,9-10,13-14,17H2,1-3H3,(H,28,31)/t24-,26-/m1/s1. The van der Waals surface area contributed by atoms with Crippen LogP contribution in [0.25, 0.3) is 0 Å². The van der Waals surface area contributed by atoms with Crippen LogP contribution in [0.4, 0.5) is 0 Å². The van der Waals surface area contributed by atoms with Crippen molar-refractivity contribution in [2.24, 2.45) is 5.92 Å². The van der Waals surface area contributed by atoms with Crippen LogP contribution in [0.15, 0.2) is 42.5 Å². The zero-order chi connectivity index (χ0) is 22.7. The van der Waals surface area contributed by atoms with Crippen molar-refractivity contribution in [3.05, 3.63) is 64.7 Å². The Morgan fingerprint density at radius 3 is 2.66 bits per heavy atom. The summed E-state index contributed by atoms with van der Waals surface area (Å²) in [5.41, 5.74) is 4.60. The molecule has 4 rings (SSSR count). The van der Waals surface area contributed by atoms with Gasteiger partial charge < -0.3 is 15.0 Å². The van der Waals surface area contributed by atoms with Gasteiger partial charge in [0.25, 0.3) is 5.91 Å². The lowest BCUT2D eigenvalue weighted by Gasteiger charge is -2.38. The third kappa shape index (κ3) is 4.98. The first kappa shape index (κ1) is 22.4. The van der Waals surface area contributed by atoms with Crippen molar-refractivity contribution in [3.8, 4) is 5.75 Å². The highest BCUT2D eigenvalue weighted by molar-refractivity contribution is 5.81. The molecule has 5 heteroatoms. The number of hydrogen-bond acceptors (Lipinski definition) is 3. The Bertz CT molecular complexity index is 983. The Morgan fingerprint density at radius 2 is 1.97 bits per heavy atom. The van der Waals surface area contributed by atoms with E-state index in [0.717, 1.165) is 24.1 Å². The van der Waals surface area contributed by atoms with Crippen LogP contribution in [0, 0.1) is 12.8 Å². The van der Waals surface area contributed by atoms with Gasteiger partial charge in [0.1, 0.15) is 5.75 Å². The number of amides is 2. The number of hydrogen-bond donors (Lipinski definition) is 1. The average molecular weight is 435 g/mol. The van der Waals surface area contributed by atoms with E-state index in [0.29, 0.717) is 31.1 Å². The third-order valence-corrected chi connectivity index (χ3v) is 6.53. The predicted octanol–water partition coefficient (Wildman–Crippen LogP) is 4.56. The van der Waals surface area contributed by atoms with Gasteiger partial charge in [0.05, 0.1) is 6.04 Å². The molecule has 2 aromatic carbocycles. The van der Waals surface area contributed by atoms with E-state index in [2.05, 4.69) is 36.5 Å². The topological polar surface area (TPSA) is 58.6 Å². The Kier molecular flexibility index (Phi) is 6.83. The minimum absolute atomic E-state index is 0.0462. The summed E-state index contributed by atoms with van der Waals surface area (Å²) in [6, 6.07) is 14.3. The number of ether oxygens (including phenoxy) is 1. The fourth-order valence-corrected chi connectivity index (χ4v) is 4.51. The van der Waals surface area contributed by atoms with E-state index < -0.39 is 6.10 Å². The van der Waals surface area contributed by atoms with Crippen LogP contribution in [0.1, 0.15) is 67.8 Å². The lowest BCUT2D eigenvalue weighted by atomic mass is 9.87. The van der Waals surface area contributed by atoms with Gasteiger partial charge in [0, 0.05) is 19.5 Å². The normalized spacial score (nSPS) is 18.6. The van der Waals surface area contributed by atoms with E-state index in [-0.39, 0.29) is 17.9 Å². The van der Waals surface area contributed by atoms with Gasteiger partial charge >= 0.3 is 0 Å². The molecule has 1 saturated carbocycles. The second-order valence-electron chi connectivity index (χ2n) is 9.07. The van der Waals surface area contributed by atoms with Crippen molar-refractivity contribution >= 4 is 11.8 Å². The molecule has 1 N–H and O–H groups in total. The molecule has 0 unspecified atom stereocenters. The fraction of sp³-hybridized carbons (Fsp3) is 0.481. The van der Waals surface area contributed by atoms with Crippen LogP contribution in [-0.2, 0) is 16.0 Å². The second-order valence-corrected chi connectivity index (χ2v) is 9.07. The van der Waals surface area contributed by atoms with Gasteiger partial charge in [-0.15, -0.1) is 0 Å². The van der Waals surface area contributed by atoms with Crippen LogP contribution < -0.4 is 10.1 Å². The molecule has 0 radical (unpaired) electrons. The SMILES string of the molecule is CCC(=O)N1CCc2ccc(O[C@H](CC)C(=O)NCC3CC3)cc2[C@H]1c1cccc(C)c1. The number of fused-ring (bicyclic) bond motifs is 1. The molecule has 1 aliphatic carbocycles. The lowest BCUT2D eigenvalue weighted by Crippen LogP contribution is -2.40. The summed E-state index contributed by atoms with van der Waals surface area (Å²) in [6.45, 7) is 7.41. The highest BCUT2D eigenvalue weighted by Gasteiger charge is 2.32. The Hall–Kier alpha value is -2.82. The first-order chi connectivity index (χ1) is 15.5. The van der Waals surface area contributed by atoms with Gasteiger partial charge in [-0.25, -0.2) is 0 Å². The molecule has 0 saturated heterocycles. The number of carbonyl (C=O) groups excluding carboxylic acids is 2. The first-order valence-electron chi connectivity index (χ1n) is 11.9. The molecule has 0 spiro atoms. The highest BCUT2D eigenvalue weighted by atomic mass is 16.5. The Morgan fingerprint density at radius 1 is 1.16 bits per heavy atom. The van der Waals surface area contributed by atoms with Crippen molar-refractivity contribution in [1.29, 1.82) is 0 Å². The van der Waals surface area contributed by atoms with Crippen molar-refractivity contribution in [1.82, 2.24) is 10.2 Å². The maximum Gasteiger partial charge on any atom is 0.261 e. The number of nitrogens with one attached hydrogen (secondary N) is 1. The average Bonchev–Trinajstić information content (AvgIpc) is 3.64. The largest absolute Gasteiger partial charge is 0.481 e. The monoisotopic (exact) mass is 434 g/mol. The molecule has 170 valence electrons. The van der Waals surface area contributed by atoms with Gasteiger partial charge in [-0.3, -0.25) is 9.59 Å². The summed E-state index contributed by atoms with van der Waals surface area (Å²) < 4.78 is 6.16. The van der Waals surface area contributed by atoms with Crippen LogP contribution in [-0.4, -0.2) is 35.9 Å². The van der Waals surface area contributed by atoms with E-state index in [1.165, 1.54) is 24.0 Å². The van der Waals surface area contributed by atoms with Gasteiger partial charge in [-0.05, 0) is 67.3 Å². The number of nitrogens with zero attached hydrogens (tertiary/aromatic N) is 1. The summed E-state index contributed by atoms with van der Waals surface area (Å²) in [5.74, 6) is 1.42. The summed E-state index contributed by atoms with van der Waals surface area (Å²) in [5, 5.41) is 3.03. The van der Waals surface area contributed by atoms with Crippen LogP contribution in [0.3, 0.4) is 0 Å². The number of benzene rings is 2. The molecule has 0 bridgehead atoms. The van der Waals surface area contributed by atoms with Crippen LogP contribution in [0.2, 0.25) is 0 Å². The highest BCUT2D eigenvalue weighted by Crippen LogP contribution is 2.38. The Labute approximate surface area is 191 Å². The molecule has 1 aliphatic heterocycles. The maximum atomic E-state index is 12.8. The van der Waals surface area contributed by atoms with Crippen LogP contribution >= 0.6 is 0 Å². The molecule has 2 atom stereocenters. The molecule has 1 fully saturated rings. The number of rotatable bonds is 8. The van der Waals surface area contributed by atoms with Gasteiger partial charge in [-0.1, -0.05) is 49.7 Å². The molecule has 32 heavy (non-hydrogen) atoms. The number of carbonyl (C=O) groups is 2. The predicted molar refractivity (Wildman–Crippen MR) is 126 cm³/mol. The zero-order valence-corrected chi connectivity index (χ0v) is 19.4. The van der Waals surface area contributed by atoms with E-state index in [4.69, 9.17) is 4.74 Å². The zero-order valence-electron chi connectivity index (χ0n) is 19.4. The quantitative estimate of drug-likeness (QED) is 0.662. The Balaban J connectivity index is 1.62. The van der Waals surface area contributed by atoms with Gasteiger partial charge in [0.15, 0.2) is 6.10 Å². The van der Waals surface area contributed by atoms with Crippen molar-refractivity contribution in [3.63, 3.8) is 0 Å². The molecule has 5 nitrogen and oxygen atoms in total. The van der Waals surface area contributed by atoms with Gasteiger partial charge in [0.2, 0.25) is 5.91 Å². The molecule has 1 heterocycles. The summed E-state index contributed by atoms with van der Waals surface area (Å²) >= 11 is 0. The summed E-state index contributed by atoms with van der Waals surface area (Å²) in [7, 11) is 0. The van der Waals surface area contributed by atoms with E-state index in [9.17, 15) is 9.59 Å². The molecule has 0 aromatic heterocycles. The lowest BCUT2D eigenvalue weighted by molar-refractivity contribution is -0.133. The first-order valence-corrected chi connectivity index (χ1v) is 11.9. The minimum Gasteiger partial charge on any atom is -0.481 e. The molecule has 2 aromatic rings. The second kappa shape index (κ2) is 9.76. The van der Waals surface area contributed by atoms with E-state index in [1.54, 1.807) is 0 Å². The third-order valence-electron chi connectivity index (χ3n) is 6.53. The minimum atomic E-state index is -0.513. The van der Waals surface area contributed by atoms with E-state index in [1.807, 2.05) is 36.9 Å². The van der Waals surface area contributed by atoms with E-state index >= 15 is 0 Å². The van der Waals surface area contributed by atoms with Crippen LogP contribution in [0.5, 0.6) is 5.75 Å². The molecule has 2 amide bonds. The smallest absolute Gasteiger partial charge is 0.261 e. The summed E-state index contributed by atoms with van der Waals surface area (Å²) in [4.78, 5) is 27.4. The molecule has 2 aliphatic rings. The van der Waals surface area contributed by atoms with Crippen molar-refractivity contribution in [2.75, 3.05) is 13.1 Å². The number of aryl methyl sites for hydroxylation is 1. The van der Waals surface area contributed by atoms with Crippen molar-refractivity contribution < 1.29 is 14.3 Å². The van der Waals surface area contributed by atoms with Crippen molar-refractivity contribution in [2.45, 2.75) is 65.0 Å². The molecular formula is C27H34N2O3. The molecular weight excluding hydrogens is 400 g/mol. The maximum absolute atomic E-state index is 12.8. The summed E-state index contributed by atoms with van der Waals surface area (Å²) in [6.07, 6.45) is 3.80. The fourth-order valence-electron chi connectivity index (χ4n) is 4.51. The van der Waals surface area contributed by atoms with Gasteiger partial charge in [-0.2, -0.15) is 0 Å².